The van der Waals surface area contributed by atoms with Crippen molar-refractivity contribution in [3.63, 3.8) is 0 Å². The molecular formula is C9H21NO2S. The average Bonchev–Trinajstić information content (AvgIpc) is 2.14. The van der Waals surface area contributed by atoms with E-state index in [-0.39, 0.29) is 6.61 Å². The fourth-order valence-electron chi connectivity index (χ4n) is 0.883. The van der Waals surface area contributed by atoms with Crippen LogP contribution in [0.1, 0.15) is 20.3 Å². The van der Waals surface area contributed by atoms with Crippen LogP contribution in [-0.4, -0.2) is 47.0 Å². The lowest BCUT2D eigenvalue weighted by Crippen LogP contribution is -2.29. The minimum absolute atomic E-state index is 0.135. The van der Waals surface area contributed by atoms with Crippen molar-refractivity contribution >= 4 is 11.8 Å². The Bertz CT molecular complexity index is 114. The number of hydrogen-bond acceptors (Lipinski definition) is 4. The summed E-state index contributed by atoms with van der Waals surface area (Å²) < 4.78 is 0. The first-order chi connectivity index (χ1) is 6.20. The largest absolute Gasteiger partial charge is 0.394 e. The fourth-order valence-corrected chi connectivity index (χ4v) is 1.87. The minimum Gasteiger partial charge on any atom is -0.394 e. The highest BCUT2D eigenvalue weighted by Gasteiger charge is 2.04. The van der Waals surface area contributed by atoms with Crippen LogP contribution in [0, 0.1) is 0 Å². The molecule has 0 amide bonds. The predicted octanol–water partition coefficient (Wildman–Crippen LogP) is 0.461. The van der Waals surface area contributed by atoms with Crippen molar-refractivity contribution in [2.45, 2.75) is 32.4 Å². The fraction of sp³-hybridized carbons (Fsp3) is 1.00. The van der Waals surface area contributed by atoms with Crippen molar-refractivity contribution in [1.82, 2.24) is 5.32 Å². The summed E-state index contributed by atoms with van der Waals surface area (Å²) in [4.78, 5) is 0. The summed E-state index contributed by atoms with van der Waals surface area (Å²) >= 11 is 1.67. The van der Waals surface area contributed by atoms with Crippen molar-refractivity contribution in [2.75, 3.05) is 24.7 Å². The highest BCUT2D eigenvalue weighted by molar-refractivity contribution is 7.99. The molecule has 0 aliphatic carbocycles. The Morgan fingerprint density at radius 3 is 2.62 bits per heavy atom. The van der Waals surface area contributed by atoms with Gasteiger partial charge in [0.2, 0.25) is 0 Å². The molecule has 13 heavy (non-hydrogen) atoms. The van der Waals surface area contributed by atoms with Crippen LogP contribution < -0.4 is 5.32 Å². The number of thioether (sulfide) groups is 1. The van der Waals surface area contributed by atoms with Crippen molar-refractivity contribution < 1.29 is 10.2 Å². The molecule has 0 fully saturated rings. The minimum atomic E-state index is -0.566. The van der Waals surface area contributed by atoms with Gasteiger partial charge in [-0.05, 0) is 19.9 Å². The van der Waals surface area contributed by atoms with E-state index in [2.05, 4.69) is 19.2 Å². The lowest BCUT2D eigenvalue weighted by Gasteiger charge is -2.13. The zero-order valence-corrected chi connectivity index (χ0v) is 9.31. The van der Waals surface area contributed by atoms with Crippen LogP contribution in [0.2, 0.25) is 0 Å². The maximum absolute atomic E-state index is 9.06. The zero-order chi connectivity index (χ0) is 10.1. The molecule has 0 bridgehead atoms. The third-order valence-electron chi connectivity index (χ3n) is 1.63. The molecule has 0 heterocycles. The van der Waals surface area contributed by atoms with Gasteiger partial charge in [-0.1, -0.05) is 6.92 Å². The molecule has 0 saturated carbocycles. The van der Waals surface area contributed by atoms with Crippen LogP contribution in [0.5, 0.6) is 0 Å². The van der Waals surface area contributed by atoms with Crippen molar-refractivity contribution in [3.05, 3.63) is 0 Å². The van der Waals surface area contributed by atoms with E-state index in [0.29, 0.717) is 11.8 Å². The van der Waals surface area contributed by atoms with E-state index >= 15 is 0 Å². The summed E-state index contributed by atoms with van der Waals surface area (Å²) in [5.41, 5.74) is 0. The Hall–Kier alpha value is 0.230. The first-order valence-corrected chi connectivity index (χ1v) is 5.96. The van der Waals surface area contributed by atoms with Crippen molar-refractivity contribution in [2.24, 2.45) is 0 Å². The monoisotopic (exact) mass is 207 g/mol. The number of aliphatic hydroxyl groups excluding tert-OH is 2. The number of aliphatic hydroxyl groups is 2. The van der Waals surface area contributed by atoms with Gasteiger partial charge in [-0.15, -0.1) is 0 Å². The van der Waals surface area contributed by atoms with E-state index in [0.717, 1.165) is 18.7 Å². The zero-order valence-electron chi connectivity index (χ0n) is 8.49. The average molecular weight is 207 g/mol. The third-order valence-corrected chi connectivity index (χ3v) is 2.99. The molecule has 0 saturated heterocycles. The normalized spacial score (nSPS) is 15.7. The van der Waals surface area contributed by atoms with E-state index in [1.54, 1.807) is 11.8 Å². The van der Waals surface area contributed by atoms with Crippen LogP contribution >= 0.6 is 11.8 Å². The molecule has 3 nitrogen and oxygen atoms in total. The second-order valence-electron chi connectivity index (χ2n) is 3.23. The first kappa shape index (κ1) is 13.2. The molecular weight excluding hydrogens is 186 g/mol. The Morgan fingerprint density at radius 1 is 1.38 bits per heavy atom. The van der Waals surface area contributed by atoms with Gasteiger partial charge < -0.3 is 15.5 Å². The molecule has 0 aromatic heterocycles. The highest BCUT2D eigenvalue weighted by Crippen LogP contribution is 2.04. The molecule has 2 atom stereocenters. The molecule has 0 aliphatic heterocycles. The Morgan fingerprint density at radius 2 is 2.08 bits per heavy atom. The van der Waals surface area contributed by atoms with E-state index < -0.39 is 6.10 Å². The van der Waals surface area contributed by atoms with Gasteiger partial charge in [0.25, 0.3) is 0 Å². The first-order valence-electron chi connectivity index (χ1n) is 4.80. The summed E-state index contributed by atoms with van der Waals surface area (Å²) in [7, 11) is 0. The van der Waals surface area contributed by atoms with Crippen LogP contribution in [0.3, 0.4) is 0 Å². The van der Waals surface area contributed by atoms with E-state index in [1.807, 2.05) is 0 Å². The molecule has 0 aromatic rings. The molecule has 0 radical (unpaired) electrons. The summed E-state index contributed by atoms with van der Waals surface area (Å²) in [6, 6.07) is 0.482. The van der Waals surface area contributed by atoms with Gasteiger partial charge in [0, 0.05) is 17.5 Å². The maximum Gasteiger partial charge on any atom is 0.0861 e. The standard InChI is InChI=1S/C9H21NO2S/c1-3-4-10-8(2)6-13-7-9(12)5-11/h8-12H,3-7H2,1-2H3. The molecule has 4 heteroatoms. The van der Waals surface area contributed by atoms with Gasteiger partial charge >= 0.3 is 0 Å². The lowest BCUT2D eigenvalue weighted by molar-refractivity contribution is 0.113. The number of rotatable bonds is 8. The maximum atomic E-state index is 9.06. The molecule has 0 aromatic carbocycles. The molecule has 2 unspecified atom stereocenters. The predicted molar refractivity (Wildman–Crippen MR) is 58.2 cm³/mol. The quantitative estimate of drug-likeness (QED) is 0.541. The van der Waals surface area contributed by atoms with E-state index in [4.69, 9.17) is 10.2 Å². The number of nitrogens with one attached hydrogen (secondary N) is 1. The van der Waals surface area contributed by atoms with Crippen LogP contribution in [-0.2, 0) is 0 Å². The highest BCUT2D eigenvalue weighted by atomic mass is 32.2. The Balaban J connectivity index is 3.21. The summed E-state index contributed by atoms with van der Waals surface area (Å²) in [6.07, 6.45) is 0.581. The summed E-state index contributed by atoms with van der Waals surface area (Å²) in [5.74, 6) is 1.60. The van der Waals surface area contributed by atoms with Crippen LogP contribution in [0.4, 0.5) is 0 Å². The van der Waals surface area contributed by atoms with Crippen LogP contribution in [0.25, 0.3) is 0 Å². The van der Waals surface area contributed by atoms with Gasteiger partial charge in [0.1, 0.15) is 0 Å². The van der Waals surface area contributed by atoms with Gasteiger partial charge in [0.05, 0.1) is 12.7 Å². The van der Waals surface area contributed by atoms with Gasteiger partial charge in [-0.3, -0.25) is 0 Å². The van der Waals surface area contributed by atoms with E-state index in [9.17, 15) is 0 Å². The van der Waals surface area contributed by atoms with Gasteiger partial charge in [-0.25, -0.2) is 0 Å². The second kappa shape index (κ2) is 8.81. The van der Waals surface area contributed by atoms with E-state index in [1.165, 1.54) is 0 Å². The lowest BCUT2D eigenvalue weighted by atomic mass is 10.3. The molecule has 3 N–H and O–H groups in total. The van der Waals surface area contributed by atoms with Crippen LogP contribution in [0.15, 0.2) is 0 Å². The number of hydrogen-bond donors (Lipinski definition) is 3. The summed E-state index contributed by atoms with van der Waals surface area (Å²) in [5, 5.41) is 21.0. The van der Waals surface area contributed by atoms with Gasteiger partial charge in [0.15, 0.2) is 0 Å². The third kappa shape index (κ3) is 8.56. The van der Waals surface area contributed by atoms with Crippen molar-refractivity contribution in [3.8, 4) is 0 Å². The topological polar surface area (TPSA) is 52.5 Å². The molecule has 0 spiro atoms. The second-order valence-corrected chi connectivity index (χ2v) is 4.30. The van der Waals surface area contributed by atoms with Gasteiger partial charge in [-0.2, -0.15) is 11.8 Å². The smallest absolute Gasteiger partial charge is 0.0861 e. The SMILES string of the molecule is CCCNC(C)CSCC(O)CO. The Labute approximate surface area is 84.9 Å². The van der Waals surface area contributed by atoms with Crippen molar-refractivity contribution in [1.29, 1.82) is 0 Å². The molecule has 80 valence electrons. The molecule has 0 aliphatic rings. The Kier molecular flexibility index (Phi) is 8.97. The molecule has 0 rings (SSSR count). The summed E-state index contributed by atoms with van der Waals surface area (Å²) in [6.45, 7) is 5.18.